The third kappa shape index (κ3) is 4.60. The summed E-state index contributed by atoms with van der Waals surface area (Å²) in [5.41, 5.74) is 9.70. The molecule has 3 aromatic heterocycles. The summed E-state index contributed by atoms with van der Waals surface area (Å²) in [6, 6.07) is 14.6. The summed E-state index contributed by atoms with van der Waals surface area (Å²) in [7, 11) is 0. The maximum Gasteiger partial charge on any atom is 0.311 e. The van der Waals surface area contributed by atoms with Crippen molar-refractivity contribution in [1.29, 1.82) is 0 Å². The fourth-order valence-electron chi connectivity index (χ4n) is 4.46. The van der Waals surface area contributed by atoms with Crippen LogP contribution >= 0.6 is 0 Å². The van der Waals surface area contributed by atoms with Gasteiger partial charge >= 0.3 is 5.69 Å². The number of hydrogen-bond donors (Lipinski definition) is 1. The Morgan fingerprint density at radius 2 is 1.94 bits per heavy atom. The zero-order valence-electron chi connectivity index (χ0n) is 19.5. The highest BCUT2D eigenvalue weighted by atomic mass is 16.6. The molecule has 0 aliphatic carbocycles. The summed E-state index contributed by atoms with van der Waals surface area (Å²) in [6.07, 6.45) is 3.67. The Morgan fingerprint density at radius 3 is 2.66 bits per heavy atom. The fourth-order valence-corrected chi connectivity index (χ4v) is 4.46. The van der Waals surface area contributed by atoms with Crippen LogP contribution in [0.2, 0.25) is 0 Å². The summed E-state index contributed by atoms with van der Waals surface area (Å²) in [4.78, 5) is 25.2. The van der Waals surface area contributed by atoms with Crippen molar-refractivity contribution < 1.29 is 9.66 Å². The van der Waals surface area contributed by atoms with Gasteiger partial charge in [-0.25, -0.2) is 9.97 Å². The first-order valence-corrected chi connectivity index (χ1v) is 11.6. The number of nitrogen functional groups attached to an aromatic ring is 1. The molecule has 4 aromatic rings. The molecule has 0 saturated carbocycles. The molecule has 1 aliphatic rings. The van der Waals surface area contributed by atoms with Crippen LogP contribution < -0.4 is 15.4 Å². The van der Waals surface area contributed by atoms with Crippen molar-refractivity contribution in [3.05, 3.63) is 76.7 Å². The molecule has 4 heterocycles. The molecule has 35 heavy (non-hydrogen) atoms. The molecule has 180 valence electrons. The van der Waals surface area contributed by atoms with Crippen LogP contribution in [0.25, 0.3) is 16.9 Å². The Hall–Kier alpha value is -4.18. The van der Waals surface area contributed by atoms with Crippen LogP contribution in [0.5, 0.6) is 5.75 Å². The smallest absolute Gasteiger partial charge is 0.311 e. The average molecular weight is 474 g/mol. The van der Waals surface area contributed by atoms with Crippen LogP contribution in [0.4, 0.5) is 17.2 Å². The van der Waals surface area contributed by atoms with Gasteiger partial charge in [0.1, 0.15) is 11.5 Å². The van der Waals surface area contributed by atoms with E-state index >= 15 is 0 Å². The molecule has 2 N–H and O–H groups in total. The van der Waals surface area contributed by atoms with E-state index in [4.69, 9.17) is 15.5 Å². The SMILES string of the molecule is CCOc1ccc(-c2nc3ccc(N)cn3c2CN2CCN(c3ccccn3)CC2)cc1[N+](=O)[O-]. The van der Waals surface area contributed by atoms with Crippen molar-refractivity contribution in [2.75, 3.05) is 43.4 Å². The molecule has 10 heteroatoms. The Balaban J connectivity index is 1.47. The lowest BCUT2D eigenvalue weighted by Gasteiger charge is -2.35. The first-order valence-electron chi connectivity index (χ1n) is 11.6. The predicted molar refractivity (Wildman–Crippen MR) is 135 cm³/mol. The molecule has 1 aliphatic heterocycles. The Kier molecular flexibility index (Phi) is 6.19. The number of aromatic nitrogens is 3. The van der Waals surface area contributed by atoms with E-state index in [0.29, 0.717) is 30.1 Å². The second kappa shape index (κ2) is 9.59. The van der Waals surface area contributed by atoms with Crippen molar-refractivity contribution in [2.24, 2.45) is 0 Å². The summed E-state index contributed by atoms with van der Waals surface area (Å²) >= 11 is 0. The number of imidazole rings is 1. The minimum absolute atomic E-state index is 0.0733. The number of ether oxygens (including phenoxy) is 1. The van der Waals surface area contributed by atoms with Gasteiger partial charge in [0.25, 0.3) is 0 Å². The van der Waals surface area contributed by atoms with Gasteiger partial charge in [-0.1, -0.05) is 6.07 Å². The molecule has 5 rings (SSSR count). The largest absolute Gasteiger partial charge is 0.487 e. The lowest BCUT2D eigenvalue weighted by atomic mass is 10.1. The van der Waals surface area contributed by atoms with E-state index in [1.165, 1.54) is 0 Å². The number of hydrogen-bond acceptors (Lipinski definition) is 8. The first kappa shape index (κ1) is 22.6. The lowest BCUT2D eigenvalue weighted by Crippen LogP contribution is -2.46. The second-order valence-corrected chi connectivity index (χ2v) is 8.42. The van der Waals surface area contributed by atoms with Crippen LogP contribution in [0.15, 0.2) is 60.9 Å². The molecule has 0 spiro atoms. The number of anilines is 2. The third-order valence-corrected chi connectivity index (χ3v) is 6.19. The Morgan fingerprint density at radius 1 is 1.11 bits per heavy atom. The molecular formula is C25H27N7O3. The van der Waals surface area contributed by atoms with Crippen molar-refractivity contribution in [3.63, 3.8) is 0 Å². The second-order valence-electron chi connectivity index (χ2n) is 8.42. The maximum absolute atomic E-state index is 11.7. The minimum Gasteiger partial charge on any atom is -0.487 e. The molecular weight excluding hydrogens is 446 g/mol. The highest BCUT2D eigenvalue weighted by Gasteiger charge is 2.24. The van der Waals surface area contributed by atoms with Crippen molar-refractivity contribution >= 4 is 22.8 Å². The van der Waals surface area contributed by atoms with Crippen LogP contribution in [-0.4, -0.2) is 57.0 Å². The summed E-state index contributed by atoms with van der Waals surface area (Å²) in [6.45, 7) is 6.22. The molecule has 0 bridgehead atoms. The Bertz CT molecular complexity index is 1350. The summed E-state index contributed by atoms with van der Waals surface area (Å²) in [5, 5.41) is 11.7. The van der Waals surface area contributed by atoms with Gasteiger partial charge in [0.15, 0.2) is 5.75 Å². The Labute approximate surface area is 202 Å². The molecule has 0 unspecified atom stereocenters. The highest BCUT2D eigenvalue weighted by Crippen LogP contribution is 2.34. The van der Waals surface area contributed by atoms with Crippen LogP contribution in [0.1, 0.15) is 12.6 Å². The number of nitro benzene ring substituents is 1. The lowest BCUT2D eigenvalue weighted by molar-refractivity contribution is -0.385. The molecule has 0 radical (unpaired) electrons. The minimum atomic E-state index is -0.418. The van der Waals surface area contributed by atoms with Crippen LogP contribution in [0, 0.1) is 10.1 Å². The topological polar surface area (TPSA) is 115 Å². The van der Waals surface area contributed by atoms with E-state index in [-0.39, 0.29) is 11.4 Å². The van der Waals surface area contributed by atoms with E-state index in [1.807, 2.05) is 53.2 Å². The van der Waals surface area contributed by atoms with Gasteiger partial charge in [0.05, 0.1) is 22.9 Å². The standard InChI is InChI=1S/C25H27N7O3/c1-2-35-22-8-6-18(15-20(22)32(33)34)25-21(31-16-19(26)7-9-24(31)28-25)17-29-11-13-30(14-12-29)23-5-3-4-10-27-23/h3-10,15-16H,2,11-14,17,26H2,1H3. The maximum atomic E-state index is 11.7. The summed E-state index contributed by atoms with van der Waals surface area (Å²) < 4.78 is 7.44. The van der Waals surface area contributed by atoms with Gasteiger partial charge in [0, 0.05) is 62.4 Å². The molecule has 1 fully saturated rings. The number of fused-ring (bicyclic) bond motifs is 1. The van der Waals surface area contributed by atoms with Crippen molar-refractivity contribution in [1.82, 2.24) is 19.3 Å². The third-order valence-electron chi connectivity index (χ3n) is 6.19. The quantitative estimate of drug-likeness (QED) is 0.320. The molecule has 0 amide bonds. The monoisotopic (exact) mass is 473 g/mol. The molecule has 0 atom stereocenters. The highest BCUT2D eigenvalue weighted by molar-refractivity contribution is 5.71. The number of pyridine rings is 2. The number of rotatable bonds is 7. The number of nitrogens with zero attached hydrogens (tertiary/aromatic N) is 6. The fraction of sp³-hybridized carbons (Fsp3) is 0.280. The van der Waals surface area contributed by atoms with Crippen LogP contribution in [0.3, 0.4) is 0 Å². The number of piperazine rings is 1. The average Bonchev–Trinajstić information content (AvgIpc) is 3.22. The molecule has 1 saturated heterocycles. The zero-order chi connectivity index (χ0) is 24.4. The van der Waals surface area contributed by atoms with E-state index in [0.717, 1.165) is 43.3 Å². The van der Waals surface area contributed by atoms with Crippen LogP contribution in [-0.2, 0) is 6.54 Å². The predicted octanol–water partition coefficient (Wildman–Crippen LogP) is 3.61. The van der Waals surface area contributed by atoms with Gasteiger partial charge in [0.2, 0.25) is 0 Å². The van der Waals surface area contributed by atoms with E-state index in [2.05, 4.69) is 14.8 Å². The van der Waals surface area contributed by atoms with E-state index in [1.54, 1.807) is 19.1 Å². The number of nitrogens with two attached hydrogens (primary N) is 1. The van der Waals surface area contributed by atoms with Gasteiger partial charge < -0.3 is 19.8 Å². The normalized spacial score (nSPS) is 14.4. The molecule has 10 nitrogen and oxygen atoms in total. The summed E-state index contributed by atoms with van der Waals surface area (Å²) in [5.74, 6) is 1.23. The van der Waals surface area contributed by atoms with Crippen molar-refractivity contribution in [3.8, 4) is 17.0 Å². The van der Waals surface area contributed by atoms with Crippen molar-refractivity contribution in [2.45, 2.75) is 13.5 Å². The zero-order valence-corrected chi connectivity index (χ0v) is 19.5. The van der Waals surface area contributed by atoms with Gasteiger partial charge in [-0.05, 0) is 43.3 Å². The van der Waals surface area contributed by atoms with Gasteiger partial charge in [-0.3, -0.25) is 15.0 Å². The van der Waals surface area contributed by atoms with E-state index < -0.39 is 4.92 Å². The number of nitro groups is 1. The number of benzene rings is 1. The van der Waals surface area contributed by atoms with Gasteiger partial charge in [-0.15, -0.1) is 0 Å². The van der Waals surface area contributed by atoms with Gasteiger partial charge in [-0.2, -0.15) is 0 Å². The van der Waals surface area contributed by atoms with E-state index in [9.17, 15) is 10.1 Å². The first-order chi connectivity index (χ1) is 17.0. The molecule has 1 aromatic carbocycles.